The number of anilines is 1. The van der Waals surface area contributed by atoms with Crippen molar-refractivity contribution in [3.8, 4) is 12.3 Å². The van der Waals surface area contributed by atoms with Gasteiger partial charge in [-0.15, -0.1) is 6.42 Å². The molecular formula is C9H9BrN4P2. The predicted octanol–water partition coefficient (Wildman–Crippen LogP) is 2.17. The van der Waals surface area contributed by atoms with Crippen LogP contribution in [0.25, 0.3) is 5.52 Å². The van der Waals surface area contributed by atoms with Crippen LogP contribution in [0.15, 0.2) is 10.9 Å². The highest BCUT2D eigenvalue weighted by atomic mass is 79.9. The number of aromatic nitrogens is 3. The van der Waals surface area contributed by atoms with Crippen LogP contribution in [-0.2, 0) is 0 Å². The van der Waals surface area contributed by atoms with Gasteiger partial charge >= 0.3 is 0 Å². The molecule has 2 atom stereocenters. The molecule has 0 aromatic carbocycles. The van der Waals surface area contributed by atoms with E-state index >= 15 is 0 Å². The SMILES string of the molecule is C#Cc1c(C)c(Br)n2ncnc(N(P)P)c12. The highest BCUT2D eigenvalue weighted by molar-refractivity contribution is 9.10. The Bertz CT molecular complexity index is 600. The van der Waals surface area contributed by atoms with E-state index in [9.17, 15) is 0 Å². The molecule has 0 amide bonds. The summed E-state index contributed by atoms with van der Waals surface area (Å²) in [6.45, 7) is 1.95. The largest absolute Gasteiger partial charge is 0.324 e. The molecule has 7 heteroatoms. The summed E-state index contributed by atoms with van der Waals surface area (Å²) in [5.74, 6) is 3.42. The molecule has 0 bridgehead atoms. The highest BCUT2D eigenvalue weighted by Crippen LogP contribution is 2.33. The van der Waals surface area contributed by atoms with Crippen molar-refractivity contribution in [2.75, 3.05) is 4.44 Å². The molecule has 2 unspecified atom stereocenters. The second-order valence-electron chi connectivity index (χ2n) is 3.19. The maximum absolute atomic E-state index is 5.53. The number of halogens is 1. The van der Waals surface area contributed by atoms with Crippen LogP contribution >= 0.6 is 34.7 Å². The minimum absolute atomic E-state index is 0.742. The van der Waals surface area contributed by atoms with Gasteiger partial charge in [0, 0.05) is 0 Å². The Hall–Kier alpha value is -0.680. The van der Waals surface area contributed by atoms with E-state index in [2.05, 4.69) is 50.7 Å². The molecule has 0 saturated carbocycles. The Balaban J connectivity index is 2.98. The molecule has 2 aromatic rings. The lowest BCUT2D eigenvalue weighted by Gasteiger charge is -2.11. The van der Waals surface area contributed by atoms with E-state index in [1.165, 1.54) is 6.33 Å². The smallest absolute Gasteiger partial charge is 0.163 e. The van der Waals surface area contributed by atoms with Crippen molar-refractivity contribution in [2.45, 2.75) is 6.92 Å². The van der Waals surface area contributed by atoms with Gasteiger partial charge in [0.1, 0.15) is 16.4 Å². The zero-order valence-corrected chi connectivity index (χ0v) is 12.4. The summed E-state index contributed by atoms with van der Waals surface area (Å²) in [4.78, 5) is 4.21. The van der Waals surface area contributed by atoms with Crippen LogP contribution in [0.4, 0.5) is 5.82 Å². The first-order chi connectivity index (χ1) is 7.57. The van der Waals surface area contributed by atoms with Crippen molar-refractivity contribution in [1.29, 1.82) is 0 Å². The Kier molecular flexibility index (Phi) is 3.17. The quantitative estimate of drug-likeness (QED) is 0.597. The zero-order chi connectivity index (χ0) is 11.9. The van der Waals surface area contributed by atoms with Gasteiger partial charge in [0.15, 0.2) is 5.82 Å². The maximum atomic E-state index is 5.53. The van der Waals surface area contributed by atoms with Gasteiger partial charge < -0.3 is 4.44 Å². The van der Waals surface area contributed by atoms with E-state index in [1.807, 2.05) is 6.92 Å². The molecule has 4 nitrogen and oxygen atoms in total. The lowest BCUT2D eigenvalue weighted by atomic mass is 10.2. The molecule has 0 aliphatic carbocycles. The van der Waals surface area contributed by atoms with Crippen LogP contribution in [0.2, 0.25) is 0 Å². The van der Waals surface area contributed by atoms with Crippen molar-refractivity contribution in [1.82, 2.24) is 14.6 Å². The number of rotatable bonds is 1. The van der Waals surface area contributed by atoms with Crippen LogP contribution in [0.3, 0.4) is 0 Å². The molecule has 0 fully saturated rings. The summed E-state index contributed by atoms with van der Waals surface area (Å²) >= 11 is 3.47. The fourth-order valence-corrected chi connectivity index (χ4v) is 2.36. The minimum Gasteiger partial charge on any atom is -0.324 e. The molecule has 0 spiro atoms. The van der Waals surface area contributed by atoms with E-state index in [-0.39, 0.29) is 0 Å². The third-order valence-electron chi connectivity index (χ3n) is 2.27. The van der Waals surface area contributed by atoms with Crippen LogP contribution in [-0.4, -0.2) is 14.6 Å². The fraction of sp³-hybridized carbons (Fsp3) is 0.111. The van der Waals surface area contributed by atoms with Gasteiger partial charge in [-0.25, -0.2) is 9.50 Å². The summed E-state index contributed by atoms with van der Waals surface area (Å²) in [6.07, 6.45) is 7.02. The number of terminal acetylenes is 1. The number of hydrogen-bond acceptors (Lipinski definition) is 3. The van der Waals surface area contributed by atoms with Crippen molar-refractivity contribution >= 4 is 46.0 Å². The van der Waals surface area contributed by atoms with Gasteiger partial charge in [0.05, 0.1) is 5.56 Å². The van der Waals surface area contributed by atoms with Crippen LogP contribution in [0, 0.1) is 19.3 Å². The maximum Gasteiger partial charge on any atom is 0.163 e. The van der Waals surface area contributed by atoms with E-state index in [0.29, 0.717) is 0 Å². The molecule has 0 aliphatic rings. The molecule has 0 radical (unpaired) electrons. The average Bonchev–Trinajstić information content (AvgIpc) is 2.51. The summed E-state index contributed by atoms with van der Waals surface area (Å²) in [5, 5.41) is 4.17. The molecule has 2 aromatic heterocycles. The van der Waals surface area contributed by atoms with E-state index in [1.54, 1.807) is 8.96 Å². The molecule has 0 aliphatic heterocycles. The lowest BCUT2D eigenvalue weighted by molar-refractivity contribution is 0.883. The molecule has 0 N–H and O–H groups in total. The Morgan fingerprint density at radius 3 is 2.81 bits per heavy atom. The van der Waals surface area contributed by atoms with Gasteiger partial charge in [-0.2, -0.15) is 5.10 Å². The number of hydrogen-bond donors (Lipinski definition) is 0. The second-order valence-corrected chi connectivity index (χ2v) is 5.65. The fourth-order valence-electron chi connectivity index (χ4n) is 1.52. The lowest BCUT2D eigenvalue weighted by Crippen LogP contribution is -2.01. The van der Waals surface area contributed by atoms with E-state index in [0.717, 1.165) is 27.1 Å². The minimum atomic E-state index is 0.742. The standard InChI is InChI=1S/C9H9BrN4P2/c1-3-6-5(2)8(10)13-7(6)9(14(15)16)11-4-12-13/h1,4H,15-16H2,2H3. The normalized spacial score (nSPS) is 10.4. The Morgan fingerprint density at radius 2 is 2.25 bits per heavy atom. The van der Waals surface area contributed by atoms with Gasteiger partial charge in [0.2, 0.25) is 0 Å². The molecular weight excluding hydrogens is 306 g/mol. The molecule has 16 heavy (non-hydrogen) atoms. The summed E-state index contributed by atoms with van der Waals surface area (Å²) < 4.78 is 4.36. The number of fused-ring (bicyclic) bond motifs is 1. The monoisotopic (exact) mass is 314 g/mol. The third-order valence-corrected chi connectivity index (χ3v) is 3.69. The van der Waals surface area contributed by atoms with Gasteiger partial charge in [-0.3, -0.25) is 0 Å². The molecule has 2 rings (SSSR count). The third kappa shape index (κ3) is 1.62. The van der Waals surface area contributed by atoms with Crippen molar-refractivity contribution in [2.24, 2.45) is 0 Å². The first-order valence-corrected chi connectivity index (χ1v) is 6.18. The van der Waals surface area contributed by atoms with Crippen molar-refractivity contribution < 1.29 is 0 Å². The van der Waals surface area contributed by atoms with Gasteiger partial charge in [0.25, 0.3) is 0 Å². The second kappa shape index (κ2) is 4.30. The average molecular weight is 315 g/mol. The Labute approximate surface area is 106 Å². The summed E-state index contributed by atoms with van der Waals surface area (Å²) in [5.41, 5.74) is 2.61. The molecule has 0 saturated heterocycles. The summed E-state index contributed by atoms with van der Waals surface area (Å²) in [6, 6.07) is 0. The van der Waals surface area contributed by atoms with E-state index in [4.69, 9.17) is 6.42 Å². The zero-order valence-electron chi connectivity index (χ0n) is 8.48. The van der Waals surface area contributed by atoms with Gasteiger partial charge in [-0.05, 0) is 47.2 Å². The van der Waals surface area contributed by atoms with Crippen LogP contribution in [0.5, 0.6) is 0 Å². The summed E-state index contributed by atoms with van der Waals surface area (Å²) in [7, 11) is 5.04. The topological polar surface area (TPSA) is 33.4 Å². The Morgan fingerprint density at radius 1 is 1.56 bits per heavy atom. The van der Waals surface area contributed by atoms with Crippen molar-refractivity contribution in [3.63, 3.8) is 0 Å². The molecule has 2 heterocycles. The van der Waals surface area contributed by atoms with Crippen LogP contribution in [0.1, 0.15) is 11.1 Å². The predicted molar refractivity (Wildman–Crippen MR) is 75.3 cm³/mol. The first kappa shape index (κ1) is 11.8. The first-order valence-electron chi connectivity index (χ1n) is 4.35. The highest BCUT2D eigenvalue weighted by Gasteiger charge is 2.17. The molecule has 82 valence electrons. The van der Waals surface area contributed by atoms with Gasteiger partial charge in [-0.1, -0.05) is 5.92 Å². The van der Waals surface area contributed by atoms with Crippen molar-refractivity contribution in [3.05, 3.63) is 22.1 Å². The van der Waals surface area contributed by atoms with Crippen LogP contribution < -0.4 is 4.44 Å². The number of nitrogens with zero attached hydrogens (tertiary/aromatic N) is 4. The van der Waals surface area contributed by atoms with E-state index < -0.39 is 0 Å².